The summed E-state index contributed by atoms with van der Waals surface area (Å²) >= 11 is 0. The Balaban J connectivity index is 2.14. The van der Waals surface area contributed by atoms with Gasteiger partial charge in [0.05, 0.1) is 20.0 Å². The van der Waals surface area contributed by atoms with E-state index in [4.69, 9.17) is 14.2 Å². The summed E-state index contributed by atoms with van der Waals surface area (Å²) in [7, 11) is 1.33. The fourth-order valence-electron chi connectivity index (χ4n) is 1.67. The van der Waals surface area contributed by atoms with Gasteiger partial charge >= 0.3 is 5.97 Å². The number of hydrogen-bond donors (Lipinski definition) is 0. The third-order valence-electron chi connectivity index (χ3n) is 2.44. The van der Waals surface area contributed by atoms with Crippen molar-refractivity contribution in [3.63, 3.8) is 0 Å². The molecule has 0 aromatic rings. The van der Waals surface area contributed by atoms with Crippen LogP contribution in [0.15, 0.2) is 11.8 Å². The molecule has 2 rings (SSSR count). The maximum atomic E-state index is 11.4. The molecule has 2 atom stereocenters. The van der Waals surface area contributed by atoms with Crippen LogP contribution in [0.2, 0.25) is 0 Å². The summed E-state index contributed by atoms with van der Waals surface area (Å²) in [5.74, 6) is -1.11. The van der Waals surface area contributed by atoms with Crippen LogP contribution in [0.4, 0.5) is 0 Å². The lowest BCUT2D eigenvalue weighted by atomic mass is 10.1. The molecule has 0 aliphatic carbocycles. The van der Waals surface area contributed by atoms with Gasteiger partial charge in [-0.15, -0.1) is 0 Å². The monoisotopic (exact) mass is 214 g/mol. The van der Waals surface area contributed by atoms with Crippen LogP contribution in [0.5, 0.6) is 0 Å². The first-order valence-corrected chi connectivity index (χ1v) is 4.79. The van der Waals surface area contributed by atoms with Crippen molar-refractivity contribution in [1.29, 1.82) is 0 Å². The summed E-state index contributed by atoms with van der Waals surface area (Å²) in [6, 6.07) is 0. The molecule has 2 aliphatic heterocycles. The van der Waals surface area contributed by atoms with Crippen molar-refractivity contribution in [2.24, 2.45) is 0 Å². The van der Waals surface area contributed by atoms with Gasteiger partial charge in [0.2, 0.25) is 0 Å². The average molecular weight is 214 g/mol. The van der Waals surface area contributed by atoms with Crippen LogP contribution < -0.4 is 0 Å². The van der Waals surface area contributed by atoms with Crippen molar-refractivity contribution >= 4 is 5.97 Å². The van der Waals surface area contributed by atoms with Gasteiger partial charge in [-0.1, -0.05) is 0 Å². The van der Waals surface area contributed by atoms with E-state index >= 15 is 0 Å². The molecule has 5 heteroatoms. The maximum absolute atomic E-state index is 11.4. The third kappa shape index (κ3) is 1.85. The van der Waals surface area contributed by atoms with Gasteiger partial charge in [0.15, 0.2) is 11.9 Å². The molecule has 0 amide bonds. The molecule has 0 aromatic carbocycles. The number of methoxy groups -OCH3 is 1. The molecular weight excluding hydrogens is 200 g/mol. The summed E-state index contributed by atoms with van der Waals surface area (Å²) in [6.07, 6.45) is 0.764. The van der Waals surface area contributed by atoms with Gasteiger partial charge in [0.25, 0.3) is 0 Å². The van der Waals surface area contributed by atoms with E-state index in [0.717, 1.165) is 0 Å². The smallest absolute Gasteiger partial charge is 0.339 e. The quantitative estimate of drug-likeness (QED) is 0.598. The standard InChI is InChI=1S/C10H14O5/c1-10(2)14-5-7-8(15-10)6(4-13-7)9(11)12-3/h4,7-8H,5H2,1-3H3/t7-,8-/m1/s1. The summed E-state index contributed by atoms with van der Waals surface area (Å²) in [5.41, 5.74) is 0.416. The molecule has 15 heavy (non-hydrogen) atoms. The Labute approximate surface area is 87.9 Å². The number of rotatable bonds is 1. The van der Waals surface area contributed by atoms with E-state index in [1.165, 1.54) is 13.4 Å². The van der Waals surface area contributed by atoms with Crippen LogP contribution in [0, 0.1) is 0 Å². The number of carbonyl (C=O) groups is 1. The second kappa shape index (κ2) is 3.50. The molecule has 1 saturated heterocycles. The van der Waals surface area contributed by atoms with Crippen molar-refractivity contribution in [3.8, 4) is 0 Å². The molecule has 5 nitrogen and oxygen atoms in total. The SMILES string of the molecule is COC(=O)C1=CO[C@@H]2COC(C)(C)O[C@H]12. The first kappa shape index (κ1) is 10.4. The highest BCUT2D eigenvalue weighted by Crippen LogP contribution is 2.32. The first-order valence-electron chi connectivity index (χ1n) is 4.79. The Morgan fingerprint density at radius 3 is 3.00 bits per heavy atom. The van der Waals surface area contributed by atoms with Crippen molar-refractivity contribution < 1.29 is 23.7 Å². The van der Waals surface area contributed by atoms with Crippen molar-refractivity contribution in [2.75, 3.05) is 13.7 Å². The maximum Gasteiger partial charge on any atom is 0.339 e. The zero-order chi connectivity index (χ0) is 11.1. The van der Waals surface area contributed by atoms with Crippen LogP contribution in [-0.4, -0.2) is 37.7 Å². The topological polar surface area (TPSA) is 54.0 Å². The molecule has 0 bridgehead atoms. The Kier molecular flexibility index (Phi) is 2.44. The van der Waals surface area contributed by atoms with E-state index in [2.05, 4.69) is 4.74 Å². The van der Waals surface area contributed by atoms with Crippen LogP contribution in [0.25, 0.3) is 0 Å². The van der Waals surface area contributed by atoms with Gasteiger partial charge < -0.3 is 18.9 Å². The summed E-state index contributed by atoms with van der Waals surface area (Å²) in [6.45, 7) is 4.02. The Hall–Kier alpha value is -1.07. The van der Waals surface area contributed by atoms with Gasteiger partial charge in [-0.05, 0) is 13.8 Å². The van der Waals surface area contributed by atoms with E-state index < -0.39 is 11.8 Å². The minimum absolute atomic E-state index is 0.243. The lowest BCUT2D eigenvalue weighted by Crippen LogP contribution is -2.48. The van der Waals surface area contributed by atoms with Gasteiger partial charge in [-0.25, -0.2) is 4.79 Å². The Bertz CT molecular complexity index is 307. The van der Waals surface area contributed by atoms with E-state index in [0.29, 0.717) is 12.2 Å². The minimum atomic E-state index is -0.692. The second-order valence-corrected chi connectivity index (χ2v) is 3.99. The highest BCUT2D eigenvalue weighted by atomic mass is 16.7. The normalized spacial score (nSPS) is 32.6. The molecule has 0 saturated carbocycles. The number of esters is 1. The minimum Gasteiger partial charge on any atom is -0.492 e. The van der Waals surface area contributed by atoms with Gasteiger partial charge in [-0.3, -0.25) is 0 Å². The van der Waals surface area contributed by atoms with Crippen molar-refractivity contribution in [1.82, 2.24) is 0 Å². The largest absolute Gasteiger partial charge is 0.492 e. The molecule has 1 fully saturated rings. The lowest BCUT2D eigenvalue weighted by molar-refractivity contribution is -0.289. The van der Waals surface area contributed by atoms with Crippen molar-refractivity contribution in [2.45, 2.75) is 31.8 Å². The predicted octanol–water partition coefficient (Wildman–Crippen LogP) is 0.594. The van der Waals surface area contributed by atoms with E-state index in [-0.39, 0.29) is 12.2 Å². The van der Waals surface area contributed by atoms with Gasteiger partial charge in [-0.2, -0.15) is 0 Å². The molecule has 0 radical (unpaired) electrons. The number of hydrogen-bond acceptors (Lipinski definition) is 5. The van der Waals surface area contributed by atoms with Gasteiger partial charge in [0, 0.05) is 0 Å². The Morgan fingerprint density at radius 1 is 1.60 bits per heavy atom. The molecule has 0 N–H and O–H groups in total. The highest BCUT2D eigenvalue weighted by Gasteiger charge is 2.45. The predicted molar refractivity (Wildman–Crippen MR) is 49.9 cm³/mol. The fraction of sp³-hybridized carbons (Fsp3) is 0.700. The van der Waals surface area contributed by atoms with E-state index in [1.54, 1.807) is 13.8 Å². The van der Waals surface area contributed by atoms with Crippen LogP contribution >= 0.6 is 0 Å². The Morgan fingerprint density at radius 2 is 2.33 bits per heavy atom. The fourth-order valence-corrected chi connectivity index (χ4v) is 1.67. The molecule has 2 heterocycles. The molecular formula is C10H14O5. The summed E-state index contributed by atoms with van der Waals surface area (Å²) < 4.78 is 20.9. The van der Waals surface area contributed by atoms with Gasteiger partial charge in [0.1, 0.15) is 11.7 Å². The van der Waals surface area contributed by atoms with E-state index in [1.807, 2.05) is 0 Å². The molecule has 0 spiro atoms. The number of ether oxygens (including phenoxy) is 4. The zero-order valence-electron chi connectivity index (χ0n) is 8.98. The van der Waals surface area contributed by atoms with Crippen LogP contribution in [0.3, 0.4) is 0 Å². The summed E-state index contributed by atoms with van der Waals surface area (Å²) in [5, 5.41) is 0. The number of fused-ring (bicyclic) bond motifs is 1. The lowest BCUT2D eigenvalue weighted by Gasteiger charge is -2.37. The summed E-state index contributed by atoms with van der Waals surface area (Å²) in [4.78, 5) is 11.4. The average Bonchev–Trinajstić information content (AvgIpc) is 2.58. The third-order valence-corrected chi connectivity index (χ3v) is 2.44. The van der Waals surface area contributed by atoms with E-state index in [9.17, 15) is 4.79 Å². The first-order chi connectivity index (χ1) is 7.03. The molecule has 84 valence electrons. The van der Waals surface area contributed by atoms with Crippen LogP contribution in [-0.2, 0) is 23.7 Å². The zero-order valence-corrected chi connectivity index (χ0v) is 8.98. The van der Waals surface area contributed by atoms with Crippen molar-refractivity contribution in [3.05, 3.63) is 11.8 Å². The highest BCUT2D eigenvalue weighted by molar-refractivity contribution is 5.89. The molecule has 2 aliphatic rings. The van der Waals surface area contributed by atoms with Crippen LogP contribution in [0.1, 0.15) is 13.8 Å². The molecule has 0 aromatic heterocycles. The number of carbonyl (C=O) groups excluding carboxylic acids is 1. The molecule has 0 unspecified atom stereocenters. The second-order valence-electron chi connectivity index (χ2n) is 3.99.